The Labute approximate surface area is 100 Å². The Bertz CT molecular complexity index is 210. The second kappa shape index (κ2) is 5.30. The molecule has 0 amide bonds. The third-order valence-electron chi connectivity index (χ3n) is 0.921. The van der Waals surface area contributed by atoms with Crippen LogP contribution in [0.1, 0.15) is 10.4 Å². The maximum atomic E-state index is 10.4. The molecule has 0 saturated carbocycles. The molecule has 0 saturated heterocycles. The molecular weight excluding hydrogens is 363 g/mol. The van der Waals surface area contributed by atoms with E-state index in [4.69, 9.17) is 11.6 Å². The summed E-state index contributed by atoms with van der Waals surface area (Å²) in [4.78, 5) is 10.4. The molecule has 10 heavy (non-hydrogen) atoms. The zero-order valence-corrected chi connectivity index (χ0v) is 10.7. The Kier molecular flexibility index (Phi) is 5.62. The van der Waals surface area contributed by atoms with E-state index in [2.05, 4.69) is 6.07 Å². The minimum Gasteiger partial charge on any atom is -0.334 e. The minimum absolute atomic E-state index is 0. The number of hydrogen-bond acceptors (Lipinski definition) is 1. The molecule has 0 bridgehead atoms. The molecule has 1 aromatic carbocycles. The van der Waals surface area contributed by atoms with Gasteiger partial charge in [0.25, 0.3) is 0 Å². The van der Waals surface area contributed by atoms with Crippen LogP contribution in [0.4, 0.5) is 0 Å². The SMILES string of the molecule is O=C(Cl)c1[c-]cccc1.[Ac]. The van der Waals surface area contributed by atoms with Gasteiger partial charge >= 0.3 is 0 Å². The van der Waals surface area contributed by atoms with Gasteiger partial charge in [0.05, 0.1) is 0 Å². The summed E-state index contributed by atoms with van der Waals surface area (Å²) < 4.78 is 0. The van der Waals surface area contributed by atoms with E-state index in [1.54, 1.807) is 24.3 Å². The summed E-state index contributed by atoms with van der Waals surface area (Å²) in [7, 11) is 0. The molecule has 3 heteroatoms. The zero-order chi connectivity index (χ0) is 6.69. The monoisotopic (exact) mass is 366 g/mol. The molecule has 0 atom stereocenters. The van der Waals surface area contributed by atoms with Crippen molar-refractivity contribution >= 4 is 16.8 Å². The van der Waals surface area contributed by atoms with Crippen LogP contribution < -0.4 is 0 Å². The summed E-state index contributed by atoms with van der Waals surface area (Å²) in [5, 5.41) is -0.462. The zero-order valence-electron chi connectivity index (χ0n) is 5.17. The van der Waals surface area contributed by atoms with Crippen LogP contribution in [0.3, 0.4) is 0 Å². The first-order chi connectivity index (χ1) is 4.30. The molecule has 1 aromatic rings. The van der Waals surface area contributed by atoms with E-state index < -0.39 is 5.24 Å². The number of halogens is 1. The van der Waals surface area contributed by atoms with Crippen LogP contribution in [0.25, 0.3) is 0 Å². The molecule has 0 heterocycles. The van der Waals surface area contributed by atoms with Crippen LogP contribution in [0.2, 0.25) is 0 Å². The van der Waals surface area contributed by atoms with Gasteiger partial charge in [-0.3, -0.25) is 0 Å². The second-order valence-corrected chi connectivity index (χ2v) is 1.89. The van der Waals surface area contributed by atoms with Crippen molar-refractivity contribution in [2.45, 2.75) is 0 Å². The Morgan fingerprint density at radius 1 is 1.50 bits per heavy atom. The van der Waals surface area contributed by atoms with Crippen molar-refractivity contribution in [3.63, 3.8) is 0 Å². The van der Waals surface area contributed by atoms with Gasteiger partial charge in [-0.1, -0.05) is 5.56 Å². The molecule has 0 N–H and O–H groups in total. The summed E-state index contributed by atoms with van der Waals surface area (Å²) in [6, 6.07) is 9.48. The van der Waals surface area contributed by atoms with Crippen LogP contribution >= 0.6 is 11.6 Å². The van der Waals surface area contributed by atoms with Gasteiger partial charge in [0, 0.05) is 44.1 Å². The molecule has 0 unspecified atom stereocenters. The molecule has 0 aliphatic heterocycles. The average Bonchev–Trinajstić information content (AvgIpc) is 1.90. The van der Waals surface area contributed by atoms with Gasteiger partial charge in [0.1, 0.15) is 0 Å². The Balaban J connectivity index is 0.000000810. The van der Waals surface area contributed by atoms with Crippen molar-refractivity contribution in [1.29, 1.82) is 0 Å². The third kappa shape index (κ3) is 3.14. The Morgan fingerprint density at radius 3 is 2.50 bits per heavy atom. The molecule has 0 fully saturated rings. The molecule has 0 aromatic heterocycles. The molecule has 49 valence electrons. The number of hydrogen-bond donors (Lipinski definition) is 0. The van der Waals surface area contributed by atoms with Gasteiger partial charge in [-0.2, -0.15) is 0 Å². The minimum atomic E-state index is -0.462. The van der Waals surface area contributed by atoms with E-state index in [9.17, 15) is 4.79 Å². The van der Waals surface area contributed by atoms with Gasteiger partial charge < -0.3 is 4.79 Å². The van der Waals surface area contributed by atoms with Crippen molar-refractivity contribution < 1.29 is 48.9 Å². The standard InChI is InChI=1S/C7H4ClO.Ac/c8-7(9)6-4-2-1-3-5-6;/h1-4H;/q-1;. The van der Waals surface area contributed by atoms with Gasteiger partial charge in [0.15, 0.2) is 5.24 Å². The number of rotatable bonds is 1. The van der Waals surface area contributed by atoms with E-state index in [0.717, 1.165) is 0 Å². The van der Waals surface area contributed by atoms with E-state index in [1.165, 1.54) is 0 Å². The predicted molar refractivity (Wildman–Crippen MR) is 35.5 cm³/mol. The van der Waals surface area contributed by atoms with E-state index in [-0.39, 0.29) is 44.1 Å². The summed E-state index contributed by atoms with van der Waals surface area (Å²) in [6.07, 6.45) is 0. The fourth-order valence-corrected chi connectivity index (χ4v) is 0.633. The van der Waals surface area contributed by atoms with Crippen molar-refractivity contribution in [3.05, 3.63) is 35.9 Å². The van der Waals surface area contributed by atoms with Crippen LogP contribution in [0.15, 0.2) is 24.3 Å². The fraction of sp³-hybridized carbons (Fsp3) is 0. The van der Waals surface area contributed by atoms with Crippen LogP contribution in [0.5, 0.6) is 0 Å². The van der Waals surface area contributed by atoms with Crippen molar-refractivity contribution in [1.82, 2.24) is 0 Å². The smallest absolute Gasteiger partial charge is 0.165 e. The van der Waals surface area contributed by atoms with E-state index >= 15 is 0 Å². The van der Waals surface area contributed by atoms with Gasteiger partial charge in [-0.15, -0.1) is 41.9 Å². The summed E-state index contributed by atoms with van der Waals surface area (Å²) in [5.41, 5.74) is 0.416. The summed E-state index contributed by atoms with van der Waals surface area (Å²) in [6.45, 7) is 0. The maximum Gasteiger partial charge on any atom is 0.165 e. The molecule has 0 aliphatic carbocycles. The molecule has 1 rings (SSSR count). The first-order valence-electron chi connectivity index (χ1n) is 2.47. The first kappa shape index (κ1) is 10.6. The quantitative estimate of drug-likeness (QED) is 0.548. The summed E-state index contributed by atoms with van der Waals surface area (Å²) in [5.74, 6) is 0. The van der Waals surface area contributed by atoms with E-state index in [0.29, 0.717) is 5.56 Å². The van der Waals surface area contributed by atoms with Crippen LogP contribution in [-0.4, -0.2) is 5.24 Å². The second-order valence-electron chi connectivity index (χ2n) is 1.55. The Morgan fingerprint density at radius 2 is 2.20 bits per heavy atom. The predicted octanol–water partition coefficient (Wildman–Crippen LogP) is 1.87. The Hall–Kier alpha value is 0.622. The fourth-order valence-electron chi connectivity index (χ4n) is 0.516. The number of carbonyl (C=O) groups excluding carboxylic acids is 1. The van der Waals surface area contributed by atoms with Crippen molar-refractivity contribution in [2.75, 3.05) is 0 Å². The molecule has 0 spiro atoms. The first-order valence-corrected chi connectivity index (χ1v) is 2.85. The summed E-state index contributed by atoms with van der Waals surface area (Å²) >= 11 is 5.13. The topological polar surface area (TPSA) is 17.1 Å². The van der Waals surface area contributed by atoms with Crippen molar-refractivity contribution in [3.8, 4) is 0 Å². The molecule has 1 radical (unpaired) electrons. The van der Waals surface area contributed by atoms with E-state index in [1.807, 2.05) is 0 Å². The normalized spacial score (nSPS) is 8.10. The number of carbonyl (C=O) groups is 1. The largest absolute Gasteiger partial charge is 0.334 e. The van der Waals surface area contributed by atoms with Gasteiger partial charge in [-0.25, -0.2) is 0 Å². The van der Waals surface area contributed by atoms with Gasteiger partial charge in [0.2, 0.25) is 0 Å². The number of benzene rings is 1. The van der Waals surface area contributed by atoms with Gasteiger partial charge in [-0.05, 0) is 0 Å². The van der Waals surface area contributed by atoms with Crippen LogP contribution in [-0.2, 0) is 0 Å². The van der Waals surface area contributed by atoms with Crippen molar-refractivity contribution in [2.24, 2.45) is 0 Å². The molecular formula is C7H4AcClO-. The maximum absolute atomic E-state index is 10.4. The third-order valence-corrected chi connectivity index (χ3v) is 1.12. The molecule has 0 aliphatic rings. The molecule has 1 nitrogen and oxygen atoms in total. The average molecular weight is 367 g/mol. The van der Waals surface area contributed by atoms with Crippen LogP contribution in [0, 0.1) is 50.1 Å².